The number of hydrogen-bond donors (Lipinski definition) is 1. The van der Waals surface area contributed by atoms with Crippen LogP contribution in [0.5, 0.6) is 0 Å². The second kappa shape index (κ2) is 4.96. The molecule has 1 aromatic carbocycles. The zero-order chi connectivity index (χ0) is 13.9. The first-order valence-electron chi connectivity index (χ1n) is 5.98. The summed E-state index contributed by atoms with van der Waals surface area (Å²) >= 11 is 0. The van der Waals surface area contributed by atoms with Crippen LogP contribution in [0.2, 0.25) is 0 Å². The lowest BCUT2D eigenvalue weighted by Crippen LogP contribution is -2.18. The molecule has 0 saturated carbocycles. The van der Waals surface area contributed by atoms with Crippen molar-refractivity contribution in [3.8, 4) is 11.4 Å². The van der Waals surface area contributed by atoms with Gasteiger partial charge in [0.05, 0.1) is 5.69 Å². The van der Waals surface area contributed by atoms with E-state index >= 15 is 0 Å². The Hall–Kier alpha value is -2.96. The minimum absolute atomic E-state index is 0.280. The summed E-state index contributed by atoms with van der Waals surface area (Å²) in [5.74, 6) is 0.687. The van der Waals surface area contributed by atoms with E-state index in [4.69, 9.17) is 0 Å². The normalized spacial score (nSPS) is 10.4. The highest BCUT2D eigenvalue weighted by Crippen LogP contribution is 2.25. The van der Waals surface area contributed by atoms with Crippen molar-refractivity contribution >= 4 is 11.7 Å². The molecule has 0 atom stereocenters. The zero-order valence-electron chi connectivity index (χ0n) is 10.8. The summed E-state index contributed by atoms with van der Waals surface area (Å²) in [6.07, 6.45) is 6.19. The number of anilines is 1. The number of nitrogens with zero attached hydrogens (tertiary/aromatic N) is 5. The minimum atomic E-state index is -0.280. The van der Waals surface area contributed by atoms with E-state index in [2.05, 4.69) is 20.5 Å². The van der Waals surface area contributed by atoms with Crippen LogP contribution in [0, 0.1) is 0 Å². The van der Waals surface area contributed by atoms with E-state index in [-0.39, 0.29) is 6.03 Å². The van der Waals surface area contributed by atoms with E-state index in [9.17, 15) is 4.79 Å². The van der Waals surface area contributed by atoms with Crippen molar-refractivity contribution in [1.82, 2.24) is 24.3 Å². The van der Waals surface area contributed by atoms with Gasteiger partial charge in [-0.15, -0.1) is 10.2 Å². The number of carbonyl (C=O) groups excluding carboxylic acids is 1. The number of para-hydroxylation sites is 1. The van der Waals surface area contributed by atoms with Gasteiger partial charge in [0.15, 0.2) is 5.82 Å². The number of imidazole rings is 1. The van der Waals surface area contributed by atoms with Gasteiger partial charge in [-0.25, -0.2) is 9.78 Å². The van der Waals surface area contributed by atoms with E-state index in [1.54, 1.807) is 23.3 Å². The molecule has 1 amide bonds. The number of amides is 1. The van der Waals surface area contributed by atoms with Gasteiger partial charge in [0, 0.05) is 25.0 Å². The van der Waals surface area contributed by atoms with Crippen LogP contribution in [-0.4, -0.2) is 30.3 Å². The number of carbonyl (C=O) groups is 1. The van der Waals surface area contributed by atoms with Crippen LogP contribution in [0.3, 0.4) is 0 Å². The van der Waals surface area contributed by atoms with Gasteiger partial charge in [0.2, 0.25) is 0 Å². The first-order chi connectivity index (χ1) is 9.75. The molecule has 100 valence electrons. The molecule has 0 fully saturated rings. The highest BCUT2D eigenvalue weighted by Gasteiger charge is 2.12. The maximum absolute atomic E-state index is 12.1. The van der Waals surface area contributed by atoms with Gasteiger partial charge in [-0.05, 0) is 12.1 Å². The summed E-state index contributed by atoms with van der Waals surface area (Å²) in [6, 6.07) is 7.16. The average molecular weight is 268 g/mol. The van der Waals surface area contributed by atoms with Crippen LogP contribution in [0.15, 0.2) is 49.3 Å². The molecule has 0 unspecified atom stereocenters. The van der Waals surface area contributed by atoms with Gasteiger partial charge < -0.3 is 9.88 Å². The quantitative estimate of drug-likeness (QED) is 0.768. The molecular weight excluding hydrogens is 256 g/mol. The van der Waals surface area contributed by atoms with Crippen molar-refractivity contribution in [1.29, 1.82) is 0 Å². The van der Waals surface area contributed by atoms with Crippen LogP contribution < -0.4 is 5.32 Å². The standard InChI is InChI=1S/C13H12N6O/c1-18-9-15-17-12(18)10-4-2-3-5-11(10)16-13(20)19-7-6-14-8-19/h2-9H,1H3,(H,16,20). The molecule has 0 aliphatic heterocycles. The molecule has 7 nitrogen and oxygen atoms in total. The van der Waals surface area contributed by atoms with Crippen molar-refractivity contribution in [3.05, 3.63) is 49.3 Å². The van der Waals surface area contributed by atoms with Crippen molar-refractivity contribution < 1.29 is 4.79 Å². The smallest absolute Gasteiger partial charge is 0.317 e. The van der Waals surface area contributed by atoms with E-state index in [0.29, 0.717) is 11.5 Å². The first-order valence-corrected chi connectivity index (χ1v) is 5.98. The monoisotopic (exact) mass is 268 g/mol. The number of aryl methyl sites for hydroxylation is 1. The molecule has 7 heteroatoms. The van der Waals surface area contributed by atoms with Crippen LogP contribution in [0.4, 0.5) is 10.5 Å². The van der Waals surface area contributed by atoms with E-state index in [0.717, 1.165) is 5.56 Å². The summed E-state index contributed by atoms with van der Waals surface area (Å²) in [7, 11) is 1.85. The van der Waals surface area contributed by atoms with E-state index in [1.165, 1.54) is 10.9 Å². The fourth-order valence-electron chi connectivity index (χ4n) is 1.87. The molecule has 3 rings (SSSR count). The predicted octanol–water partition coefficient (Wildman–Crippen LogP) is 1.76. The Morgan fingerprint density at radius 1 is 1.25 bits per heavy atom. The lowest BCUT2D eigenvalue weighted by Gasteiger charge is -2.10. The number of benzene rings is 1. The third kappa shape index (κ3) is 2.16. The molecule has 1 N–H and O–H groups in total. The molecule has 0 bridgehead atoms. The Kier molecular flexibility index (Phi) is 3.00. The molecule has 0 radical (unpaired) electrons. The Labute approximate surface area is 114 Å². The number of rotatable bonds is 2. The third-order valence-corrected chi connectivity index (χ3v) is 2.86. The second-order valence-corrected chi connectivity index (χ2v) is 4.21. The predicted molar refractivity (Wildman–Crippen MR) is 73.1 cm³/mol. The molecule has 2 heterocycles. The van der Waals surface area contributed by atoms with Gasteiger partial charge in [-0.2, -0.15) is 0 Å². The van der Waals surface area contributed by atoms with Gasteiger partial charge >= 0.3 is 6.03 Å². The number of nitrogens with one attached hydrogen (secondary N) is 1. The maximum atomic E-state index is 12.1. The van der Waals surface area contributed by atoms with Crippen molar-refractivity contribution in [2.45, 2.75) is 0 Å². The maximum Gasteiger partial charge on any atom is 0.331 e. The molecule has 2 aromatic heterocycles. The van der Waals surface area contributed by atoms with Crippen molar-refractivity contribution in [2.24, 2.45) is 7.05 Å². The van der Waals surface area contributed by atoms with Crippen LogP contribution in [0.1, 0.15) is 0 Å². The fourth-order valence-corrected chi connectivity index (χ4v) is 1.87. The van der Waals surface area contributed by atoms with Crippen LogP contribution in [-0.2, 0) is 7.05 Å². The summed E-state index contributed by atoms with van der Waals surface area (Å²) in [5, 5.41) is 10.7. The number of aromatic nitrogens is 5. The summed E-state index contributed by atoms with van der Waals surface area (Å²) in [4.78, 5) is 15.9. The van der Waals surface area contributed by atoms with Gasteiger partial charge in [0.1, 0.15) is 12.7 Å². The highest BCUT2D eigenvalue weighted by molar-refractivity contribution is 5.94. The minimum Gasteiger partial charge on any atom is -0.317 e. The Morgan fingerprint density at radius 3 is 2.80 bits per heavy atom. The lowest BCUT2D eigenvalue weighted by molar-refractivity contribution is 0.253. The Balaban J connectivity index is 1.95. The van der Waals surface area contributed by atoms with Gasteiger partial charge in [0.25, 0.3) is 0 Å². The molecular formula is C13H12N6O. The third-order valence-electron chi connectivity index (χ3n) is 2.86. The zero-order valence-corrected chi connectivity index (χ0v) is 10.8. The first kappa shape index (κ1) is 12.1. The van der Waals surface area contributed by atoms with Crippen LogP contribution in [0.25, 0.3) is 11.4 Å². The molecule has 0 saturated heterocycles. The Morgan fingerprint density at radius 2 is 2.10 bits per heavy atom. The number of hydrogen-bond acceptors (Lipinski definition) is 4. The van der Waals surface area contributed by atoms with Gasteiger partial charge in [-0.3, -0.25) is 4.57 Å². The lowest BCUT2D eigenvalue weighted by atomic mass is 10.1. The second-order valence-electron chi connectivity index (χ2n) is 4.21. The molecule has 20 heavy (non-hydrogen) atoms. The molecule has 0 spiro atoms. The van der Waals surface area contributed by atoms with Gasteiger partial charge in [-0.1, -0.05) is 12.1 Å². The van der Waals surface area contributed by atoms with E-state index in [1.807, 2.05) is 31.3 Å². The highest BCUT2D eigenvalue weighted by atomic mass is 16.2. The average Bonchev–Trinajstić information content (AvgIpc) is 3.10. The van der Waals surface area contributed by atoms with Crippen molar-refractivity contribution in [3.63, 3.8) is 0 Å². The largest absolute Gasteiger partial charge is 0.331 e. The van der Waals surface area contributed by atoms with E-state index < -0.39 is 0 Å². The summed E-state index contributed by atoms with van der Waals surface area (Å²) < 4.78 is 3.16. The topological polar surface area (TPSA) is 77.6 Å². The summed E-state index contributed by atoms with van der Waals surface area (Å²) in [5.41, 5.74) is 1.48. The molecule has 0 aliphatic carbocycles. The fraction of sp³-hybridized carbons (Fsp3) is 0.0769. The Bertz CT molecular complexity index is 731. The SMILES string of the molecule is Cn1cnnc1-c1ccccc1NC(=O)n1ccnc1. The van der Waals surface area contributed by atoms with Crippen molar-refractivity contribution in [2.75, 3.05) is 5.32 Å². The molecule has 0 aliphatic rings. The summed E-state index contributed by atoms with van der Waals surface area (Å²) in [6.45, 7) is 0. The molecule has 3 aromatic rings. The van der Waals surface area contributed by atoms with Crippen LogP contribution >= 0.6 is 0 Å².